The summed E-state index contributed by atoms with van der Waals surface area (Å²) in [4.78, 5) is 10.6. The Kier molecular flexibility index (Phi) is 3.46. The Bertz CT molecular complexity index is 357. The normalized spacial score (nSPS) is 12.2. The van der Waals surface area contributed by atoms with Gasteiger partial charge in [-0.1, -0.05) is 15.9 Å². The van der Waals surface area contributed by atoms with E-state index in [1.165, 1.54) is 19.1 Å². The van der Waals surface area contributed by atoms with Gasteiger partial charge in [-0.2, -0.15) is 0 Å². The molecule has 1 aromatic carbocycles. The molecule has 0 aliphatic heterocycles. The smallest absolute Gasteiger partial charge is 0.258 e. The zero-order chi connectivity index (χ0) is 10.7. The first-order valence-electron chi connectivity index (χ1n) is 3.91. The summed E-state index contributed by atoms with van der Waals surface area (Å²) in [7, 11) is 0. The van der Waals surface area contributed by atoms with Crippen LogP contribution < -0.4 is 10.5 Å². The maximum absolute atomic E-state index is 13.2. The fraction of sp³-hybridized carbons (Fsp3) is 0.222. The van der Waals surface area contributed by atoms with Gasteiger partial charge in [0.15, 0.2) is 17.7 Å². The zero-order valence-corrected chi connectivity index (χ0v) is 9.05. The van der Waals surface area contributed by atoms with Crippen LogP contribution in [-0.4, -0.2) is 12.0 Å². The highest BCUT2D eigenvalue weighted by Gasteiger charge is 2.12. The highest BCUT2D eigenvalue weighted by atomic mass is 79.9. The zero-order valence-electron chi connectivity index (χ0n) is 7.46. The van der Waals surface area contributed by atoms with Crippen LogP contribution in [0.25, 0.3) is 0 Å². The van der Waals surface area contributed by atoms with E-state index in [1.54, 1.807) is 6.07 Å². The molecule has 1 atom stereocenters. The molecule has 0 aromatic heterocycles. The van der Waals surface area contributed by atoms with Crippen molar-refractivity contribution < 1.29 is 13.9 Å². The van der Waals surface area contributed by atoms with Crippen molar-refractivity contribution in [2.45, 2.75) is 13.0 Å². The summed E-state index contributed by atoms with van der Waals surface area (Å²) in [5.74, 6) is -1.15. The van der Waals surface area contributed by atoms with E-state index in [0.717, 1.165) is 0 Å². The van der Waals surface area contributed by atoms with Crippen LogP contribution in [0.15, 0.2) is 22.7 Å². The maximum Gasteiger partial charge on any atom is 0.258 e. The molecule has 14 heavy (non-hydrogen) atoms. The van der Waals surface area contributed by atoms with Gasteiger partial charge in [0, 0.05) is 4.47 Å². The van der Waals surface area contributed by atoms with Gasteiger partial charge in [-0.25, -0.2) is 4.39 Å². The number of nitrogens with two attached hydrogens (primary N) is 1. The summed E-state index contributed by atoms with van der Waals surface area (Å²) in [6, 6.07) is 4.30. The molecule has 0 bridgehead atoms. The predicted octanol–water partition coefficient (Wildman–Crippen LogP) is 1.84. The van der Waals surface area contributed by atoms with Gasteiger partial charge in [0.25, 0.3) is 5.91 Å². The van der Waals surface area contributed by atoms with Crippen molar-refractivity contribution in [2.24, 2.45) is 5.73 Å². The van der Waals surface area contributed by atoms with E-state index in [2.05, 4.69) is 15.9 Å². The van der Waals surface area contributed by atoms with Crippen LogP contribution in [0.5, 0.6) is 5.75 Å². The number of benzene rings is 1. The van der Waals surface area contributed by atoms with Gasteiger partial charge in [0.1, 0.15) is 0 Å². The first kappa shape index (κ1) is 11.0. The van der Waals surface area contributed by atoms with Crippen molar-refractivity contribution in [3.05, 3.63) is 28.5 Å². The summed E-state index contributed by atoms with van der Waals surface area (Å²) in [5, 5.41) is 0. The van der Waals surface area contributed by atoms with E-state index in [-0.39, 0.29) is 5.75 Å². The first-order valence-corrected chi connectivity index (χ1v) is 4.71. The van der Waals surface area contributed by atoms with Crippen LogP contribution in [-0.2, 0) is 4.79 Å². The molecular formula is C9H9BrFNO2. The molecule has 0 radical (unpaired) electrons. The summed E-state index contributed by atoms with van der Waals surface area (Å²) in [6.45, 7) is 1.46. The molecule has 0 saturated carbocycles. The largest absolute Gasteiger partial charge is 0.478 e. The monoisotopic (exact) mass is 261 g/mol. The van der Waals surface area contributed by atoms with Crippen molar-refractivity contribution in [2.75, 3.05) is 0 Å². The molecule has 5 heteroatoms. The highest BCUT2D eigenvalue weighted by Crippen LogP contribution is 2.22. The summed E-state index contributed by atoms with van der Waals surface area (Å²) < 4.78 is 18.8. The third-order valence-corrected chi connectivity index (χ3v) is 2.09. The van der Waals surface area contributed by atoms with Crippen molar-refractivity contribution in [3.63, 3.8) is 0 Å². The standard InChI is InChI=1S/C9H9BrFNO2/c1-5(9(12)13)14-8-3-2-6(10)4-7(8)11/h2-5H,1H3,(H2,12,13). The molecular weight excluding hydrogens is 253 g/mol. The minimum absolute atomic E-state index is 0.0134. The summed E-state index contributed by atoms with van der Waals surface area (Å²) in [6.07, 6.45) is -0.842. The molecule has 1 unspecified atom stereocenters. The predicted molar refractivity (Wildman–Crippen MR) is 53.4 cm³/mol. The minimum Gasteiger partial charge on any atom is -0.478 e. The van der Waals surface area contributed by atoms with Gasteiger partial charge in [-0.15, -0.1) is 0 Å². The molecule has 3 nitrogen and oxygen atoms in total. The molecule has 0 aliphatic rings. The van der Waals surface area contributed by atoms with Crippen molar-refractivity contribution in [3.8, 4) is 5.75 Å². The number of ether oxygens (including phenoxy) is 1. The average molecular weight is 262 g/mol. The lowest BCUT2D eigenvalue weighted by Gasteiger charge is -2.11. The molecule has 0 spiro atoms. The highest BCUT2D eigenvalue weighted by molar-refractivity contribution is 9.10. The average Bonchev–Trinajstić information content (AvgIpc) is 2.09. The Balaban J connectivity index is 2.82. The molecule has 2 N–H and O–H groups in total. The Morgan fingerprint density at radius 3 is 2.79 bits per heavy atom. The Labute approximate surface area is 89.2 Å². The Morgan fingerprint density at radius 2 is 2.29 bits per heavy atom. The van der Waals surface area contributed by atoms with Crippen LogP contribution in [0.4, 0.5) is 4.39 Å². The van der Waals surface area contributed by atoms with E-state index >= 15 is 0 Å². The second-order valence-corrected chi connectivity index (χ2v) is 3.65. The number of carbonyl (C=O) groups excluding carboxylic acids is 1. The SMILES string of the molecule is CC(Oc1ccc(Br)cc1F)C(N)=O. The molecule has 76 valence electrons. The van der Waals surface area contributed by atoms with E-state index < -0.39 is 17.8 Å². The van der Waals surface area contributed by atoms with E-state index in [0.29, 0.717) is 4.47 Å². The summed E-state index contributed by atoms with van der Waals surface area (Å²) >= 11 is 3.10. The minimum atomic E-state index is -0.842. The van der Waals surface area contributed by atoms with Crippen molar-refractivity contribution >= 4 is 21.8 Å². The van der Waals surface area contributed by atoms with E-state index in [9.17, 15) is 9.18 Å². The number of hydrogen-bond donors (Lipinski definition) is 1. The van der Waals surface area contributed by atoms with Crippen LogP contribution >= 0.6 is 15.9 Å². The number of hydrogen-bond acceptors (Lipinski definition) is 2. The lowest BCUT2D eigenvalue weighted by atomic mass is 10.3. The number of rotatable bonds is 3. The molecule has 0 saturated heterocycles. The molecule has 1 aromatic rings. The maximum atomic E-state index is 13.2. The molecule has 1 rings (SSSR count). The topological polar surface area (TPSA) is 52.3 Å². The number of carbonyl (C=O) groups is 1. The fourth-order valence-electron chi connectivity index (χ4n) is 0.819. The molecule has 0 heterocycles. The summed E-state index contributed by atoms with van der Waals surface area (Å²) in [5.41, 5.74) is 4.97. The molecule has 1 amide bonds. The van der Waals surface area contributed by atoms with Crippen molar-refractivity contribution in [1.82, 2.24) is 0 Å². The lowest BCUT2D eigenvalue weighted by molar-refractivity contribution is -0.124. The number of amides is 1. The Hall–Kier alpha value is -1.10. The van der Waals surface area contributed by atoms with Crippen LogP contribution in [0, 0.1) is 5.82 Å². The molecule has 0 aliphatic carbocycles. The Morgan fingerprint density at radius 1 is 1.64 bits per heavy atom. The van der Waals surface area contributed by atoms with Crippen LogP contribution in [0.3, 0.4) is 0 Å². The van der Waals surface area contributed by atoms with Gasteiger partial charge in [0.2, 0.25) is 0 Å². The second-order valence-electron chi connectivity index (χ2n) is 2.74. The van der Waals surface area contributed by atoms with Crippen LogP contribution in [0.1, 0.15) is 6.92 Å². The lowest BCUT2D eigenvalue weighted by Crippen LogP contribution is -2.30. The van der Waals surface area contributed by atoms with E-state index in [4.69, 9.17) is 10.5 Å². The van der Waals surface area contributed by atoms with Gasteiger partial charge in [0.05, 0.1) is 0 Å². The van der Waals surface area contributed by atoms with Crippen LogP contribution in [0.2, 0.25) is 0 Å². The van der Waals surface area contributed by atoms with E-state index in [1.807, 2.05) is 0 Å². The fourth-order valence-corrected chi connectivity index (χ4v) is 1.15. The third kappa shape index (κ3) is 2.70. The second kappa shape index (κ2) is 4.41. The van der Waals surface area contributed by atoms with Gasteiger partial charge < -0.3 is 10.5 Å². The van der Waals surface area contributed by atoms with Crippen molar-refractivity contribution in [1.29, 1.82) is 0 Å². The quantitative estimate of drug-likeness (QED) is 0.903. The third-order valence-electron chi connectivity index (χ3n) is 1.60. The number of primary amides is 1. The van der Waals surface area contributed by atoms with Gasteiger partial charge >= 0.3 is 0 Å². The first-order chi connectivity index (χ1) is 6.50. The molecule has 0 fully saturated rings. The van der Waals surface area contributed by atoms with Gasteiger partial charge in [-0.3, -0.25) is 4.79 Å². The number of halogens is 2. The van der Waals surface area contributed by atoms with Gasteiger partial charge in [-0.05, 0) is 25.1 Å².